The fourth-order valence-electron chi connectivity index (χ4n) is 2.23. The Morgan fingerprint density at radius 3 is 2.64 bits per heavy atom. The molecule has 6 nitrogen and oxygen atoms in total. The van der Waals surface area contributed by atoms with E-state index in [0.717, 1.165) is 5.56 Å². The predicted molar refractivity (Wildman–Crippen MR) is 97.5 cm³/mol. The van der Waals surface area contributed by atoms with Crippen LogP contribution in [0.2, 0.25) is 5.02 Å². The summed E-state index contributed by atoms with van der Waals surface area (Å²) in [7, 11) is 0. The summed E-state index contributed by atoms with van der Waals surface area (Å²) < 4.78 is 0. The Balaban J connectivity index is 1.70. The molecule has 0 amide bonds. The first-order valence-corrected chi connectivity index (χ1v) is 7.89. The number of aromatic carboxylic acids is 1. The zero-order chi connectivity index (χ0) is 17.6. The van der Waals surface area contributed by atoms with E-state index in [9.17, 15) is 4.79 Å². The summed E-state index contributed by atoms with van der Waals surface area (Å²) in [6.45, 7) is 0.532. The van der Waals surface area contributed by atoms with Crippen molar-refractivity contribution in [2.24, 2.45) is 0 Å². The molecule has 0 spiro atoms. The first kappa shape index (κ1) is 16.7. The molecule has 0 unspecified atom stereocenters. The van der Waals surface area contributed by atoms with E-state index in [4.69, 9.17) is 16.7 Å². The predicted octanol–water partition coefficient (Wildman–Crippen LogP) is 4.18. The van der Waals surface area contributed by atoms with Crippen LogP contribution >= 0.6 is 11.6 Å². The average Bonchev–Trinajstić information content (AvgIpc) is 2.61. The zero-order valence-corrected chi connectivity index (χ0v) is 13.9. The number of carboxylic acid groups (broad SMARTS) is 1. The highest BCUT2D eigenvalue weighted by Gasteiger charge is 2.05. The van der Waals surface area contributed by atoms with Gasteiger partial charge in [0.25, 0.3) is 0 Å². The lowest BCUT2D eigenvalue weighted by Gasteiger charge is -2.10. The molecule has 25 heavy (non-hydrogen) atoms. The molecule has 126 valence electrons. The summed E-state index contributed by atoms with van der Waals surface area (Å²) in [5, 5.41) is 16.0. The van der Waals surface area contributed by atoms with Gasteiger partial charge in [-0.05, 0) is 29.8 Å². The van der Waals surface area contributed by atoms with E-state index >= 15 is 0 Å². The van der Waals surface area contributed by atoms with E-state index in [1.54, 1.807) is 24.3 Å². The maximum atomic E-state index is 11.0. The molecule has 3 N–H and O–H groups in total. The summed E-state index contributed by atoms with van der Waals surface area (Å²) in [6, 6.07) is 15.8. The zero-order valence-electron chi connectivity index (χ0n) is 13.1. The Morgan fingerprint density at radius 2 is 1.84 bits per heavy atom. The molecule has 0 aliphatic carbocycles. The third kappa shape index (κ3) is 4.45. The quantitative estimate of drug-likeness (QED) is 0.615. The van der Waals surface area contributed by atoms with Gasteiger partial charge in [0.05, 0.1) is 5.56 Å². The van der Waals surface area contributed by atoms with Crippen molar-refractivity contribution >= 4 is 34.9 Å². The number of anilines is 3. The van der Waals surface area contributed by atoms with E-state index in [-0.39, 0.29) is 5.56 Å². The summed E-state index contributed by atoms with van der Waals surface area (Å²) in [5.41, 5.74) is 1.80. The second kappa shape index (κ2) is 7.63. The van der Waals surface area contributed by atoms with Crippen LogP contribution in [0.15, 0.2) is 60.9 Å². The SMILES string of the molecule is O=C(O)c1cccc(Nc2cc(NCc3ccccc3Cl)ncn2)c1. The number of rotatable bonds is 6. The fourth-order valence-corrected chi connectivity index (χ4v) is 2.43. The lowest BCUT2D eigenvalue weighted by atomic mass is 10.2. The number of nitrogens with zero attached hydrogens (tertiary/aromatic N) is 2. The topological polar surface area (TPSA) is 87.1 Å². The number of halogens is 1. The maximum absolute atomic E-state index is 11.0. The maximum Gasteiger partial charge on any atom is 0.335 e. The van der Waals surface area contributed by atoms with Gasteiger partial charge in [0.15, 0.2) is 0 Å². The van der Waals surface area contributed by atoms with Crippen molar-refractivity contribution in [1.29, 1.82) is 0 Å². The van der Waals surface area contributed by atoms with E-state index in [0.29, 0.717) is 28.9 Å². The molecule has 7 heteroatoms. The van der Waals surface area contributed by atoms with Gasteiger partial charge in [0, 0.05) is 23.3 Å². The monoisotopic (exact) mass is 354 g/mol. The molecule has 1 heterocycles. The lowest BCUT2D eigenvalue weighted by Crippen LogP contribution is -2.04. The molecule has 0 saturated carbocycles. The molecule has 3 aromatic rings. The summed E-state index contributed by atoms with van der Waals surface area (Å²) in [4.78, 5) is 19.4. The minimum absolute atomic E-state index is 0.205. The molecule has 0 aliphatic rings. The minimum atomic E-state index is -0.978. The second-order valence-corrected chi connectivity index (χ2v) is 5.65. The minimum Gasteiger partial charge on any atom is -0.478 e. The van der Waals surface area contributed by atoms with Crippen molar-refractivity contribution in [2.45, 2.75) is 6.54 Å². The van der Waals surface area contributed by atoms with Crippen molar-refractivity contribution in [3.63, 3.8) is 0 Å². The smallest absolute Gasteiger partial charge is 0.335 e. The van der Waals surface area contributed by atoms with Crippen LogP contribution in [0, 0.1) is 0 Å². The van der Waals surface area contributed by atoms with Crippen LogP contribution in [0.25, 0.3) is 0 Å². The summed E-state index contributed by atoms with van der Waals surface area (Å²) in [5.74, 6) is 0.208. The number of nitrogens with one attached hydrogen (secondary N) is 2. The van der Waals surface area contributed by atoms with Gasteiger partial charge in [-0.3, -0.25) is 0 Å². The van der Waals surface area contributed by atoms with Gasteiger partial charge in [0.1, 0.15) is 18.0 Å². The number of hydrogen-bond donors (Lipinski definition) is 3. The normalized spacial score (nSPS) is 10.3. The molecule has 2 aromatic carbocycles. The highest BCUT2D eigenvalue weighted by atomic mass is 35.5. The molecule has 0 saturated heterocycles. The van der Waals surface area contributed by atoms with Crippen LogP contribution in [0.5, 0.6) is 0 Å². The molecular weight excluding hydrogens is 340 g/mol. The second-order valence-electron chi connectivity index (χ2n) is 5.24. The van der Waals surface area contributed by atoms with Crippen molar-refractivity contribution in [3.8, 4) is 0 Å². The van der Waals surface area contributed by atoms with Gasteiger partial charge in [-0.1, -0.05) is 35.9 Å². The Kier molecular flexibility index (Phi) is 5.11. The van der Waals surface area contributed by atoms with Gasteiger partial charge in [-0.2, -0.15) is 0 Å². The van der Waals surface area contributed by atoms with E-state index in [1.807, 2.05) is 24.3 Å². The Bertz CT molecular complexity index is 902. The first-order valence-electron chi connectivity index (χ1n) is 7.51. The lowest BCUT2D eigenvalue weighted by molar-refractivity contribution is 0.0697. The number of carbonyl (C=O) groups is 1. The van der Waals surface area contributed by atoms with Crippen molar-refractivity contribution < 1.29 is 9.90 Å². The van der Waals surface area contributed by atoms with Crippen LogP contribution in [-0.4, -0.2) is 21.0 Å². The van der Waals surface area contributed by atoms with Crippen molar-refractivity contribution in [2.75, 3.05) is 10.6 Å². The fraction of sp³-hybridized carbons (Fsp3) is 0.0556. The summed E-state index contributed by atoms with van der Waals surface area (Å²) in [6.07, 6.45) is 1.43. The Labute approximate surface area is 149 Å². The van der Waals surface area contributed by atoms with Gasteiger partial charge >= 0.3 is 5.97 Å². The molecule has 0 bridgehead atoms. The standard InChI is InChI=1S/C18H15ClN4O2/c19-15-7-2-1-4-13(15)10-20-16-9-17(22-11-21-16)23-14-6-3-5-12(8-14)18(24)25/h1-9,11H,10H2,(H,24,25)(H2,20,21,22,23). The molecular formula is C18H15ClN4O2. The summed E-state index contributed by atoms with van der Waals surface area (Å²) >= 11 is 6.14. The largest absolute Gasteiger partial charge is 0.478 e. The van der Waals surface area contributed by atoms with E-state index in [1.165, 1.54) is 12.4 Å². The molecule has 0 atom stereocenters. The highest BCUT2D eigenvalue weighted by Crippen LogP contribution is 2.19. The average molecular weight is 355 g/mol. The molecule has 0 fully saturated rings. The van der Waals surface area contributed by atoms with Crippen molar-refractivity contribution in [1.82, 2.24) is 9.97 Å². The van der Waals surface area contributed by atoms with Gasteiger partial charge in [-0.25, -0.2) is 14.8 Å². The van der Waals surface area contributed by atoms with Crippen LogP contribution in [-0.2, 0) is 6.54 Å². The highest BCUT2D eigenvalue weighted by molar-refractivity contribution is 6.31. The number of benzene rings is 2. The van der Waals surface area contributed by atoms with E-state index in [2.05, 4.69) is 20.6 Å². The number of hydrogen-bond acceptors (Lipinski definition) is 5. The molecule has 1 aromatic heterocycles. The third-order valence-electron chi connectivity index (χ3n) is 3.47. The van der Waals surface area contributed by atoms with Gasteiger partial charge in [0.2, 0.25) is 0 Å². The number of carboxylic acids is 1. The Morgan fingerprint density at radius 1 is 1.04 bits per heavy atom. The molecule has 3 rings (SSSR count). The van der Waals surface area contributed by atoms with E-state index < -0.39 is 5.97 Å². The van der Waals surface area contributed by atoms with Gasteiger partial charge < -0.3 is 15.7 Å². The molecule has 0 aliphatic heterocycles. The van der Waals surface area contributed by atoms with Crippen LogP contribution in [0.3, 0.4) is 0 Å². The Hall–Kier alpha value is -3.12. The number of aromatic nitrogens is 2. The third-order valence-corrected chi connectivity index (χ3v) is 3.84. The van der Waals surface area contributed by atoms with Crippen LogP contribution in [0.1, 0.15) is 15.9 Å². The molecule has 0 radical (unpaired) electrons. The van der Waals surface area contributed by atoms with Crippen LogP contribution < -0.4 is 10.6 Å². The van der Waals surface area contributed by atoms with Gasteiger partial charge in [-0.15, -0.1) is 0 Å². The van der Waals surface area contributed by atoms with Crippen molar-refractivity contribution in [3.05, 3.63) is 77.1 Å². The first-order chi connectivity index (χ1) is 12.1. The van der Waals surface area contributed by atoms with Crippen LogP contribution in [0.4, 0.5) is 17.3 Å².